The number of halogens is 1. The average molecular weight is 286 g/mol. The number of carbonyl (C=O) groups excluding carboxylic acids is 2. The van der Waals surface area contributed by atoms with Gasteiger partial charge in [-0.3, -0.25) is 9.59 Å². The molecule has 1 rings (SSSR count). The van der Waals surface area contributed by atoms with Crippen LogP contribution < -0.4 is 16.4 Å². The van der Waals surface area contributed by atoms with Crippen molar-refractivity contribution < 1.29 is 9.59 Å². The maximum Gasteiger partial charge on any atom is 0.228 e. The lowest BCUT2D eigenvalue weighted by Crippen LogP contribution is -2.35. The molecule has 1 unspecified atom stereocenters. The summed E-state index contributed by atoms with van der Waals surface area (Å²) in [4.78, 5) is 22.9. The van der Waals surface area contributed by atoms with Gasteiger partial charge in [-0.15, -0.1) is 12.4 Å². The van der Waals surface area contributed by atoms with E-state index in [4.69, 9.17) is 5.73 Å². The van der Waals surface area contributed by atoms with E-state index in [0.717, 1.165) is 5.56 Å². The lowest BCUT2D eigenvalue weighted by atomic mass is 9.98. The van der Waals surface area contributed by atoms with Gasteiger partial charge >= 0.3 is 0 Å². The highest BCUT2D eigenvalue weighted by Crippen LogP contribution is 2.13. The topological polar surface area (TPSA) is 84.2 Å². The Kier molecular flexibility index (Phi) is 8.57. The molecule has 0 spiro atoms. The van der Waals surface area contributed by atoms with Crippen molar-refractivity contribution in [2.75, 3.05) is 20.1 Å². The second kappa shape index (κ2) is 9.35. The monoisotopic (exact) mass is 285 g/mol. The zero-order valence-electron chi connectivity index (χ0n) is 10.9. The molecular formula is C13H20ClN3O2. The number of nitrogens with two attached hydrogens (primary N) is 1. The first-order valence-corrected chi connectivity index (χ1v) is 5.92. The largest absolute Gasteiger partial charge is 0.359 e. The SMILES string of the molecule is CNC(=O)CCNC(=O)C(CN)c1ccccc1.Cl. The predicted octanol–water partition coefficient (Wildman–Crippen LogP) is 0.403. The molecule has 0 saturated carbocycles. The third-order valence-electron chi connectivity index (χ3n) is 2.68. The molecule has 0 heterocycles. The van der Waals surface area contributed by atoms with Crippen molar-refractivity contribution in [1.82, 2.24) is 10.6 Å². The van der Waals surface area contributed by atoms with Crippen molar-refractivity contribution in [3.05, 3.63) is 35.9 Å². The molecule has 2 amide bonds. The van der Waals surface area contributed by atoms with E-state index in [1.807, 2.05) is 30.3 Å². The van der Waals surface area contributed by atoms with E-state index in [1.165, 1.54) is 0 Å². The predicted molar refractivity (Wildman–Crippen MR) is 77.2 cm³/mol. The molecular weight excluding hydrogens is 266 g/mol. The minimum Gasteiger partial charge on any atom is -0.359 e. The van der Waals surface area contributed by atoms with Crippen molar-refractivity contribution in [2.24, 2.45) is 5.73 Å². The summed E-state index contributed by atoms with van der Waals surface area (Å²) >= 11 is 0. The number of hydrogen-bond donors (Lipinski definition) is 3. The molecule has 106 valence electrons. The fraction of sp³-hybridized carbons (Fsp3) is 0.385. The molecule has 0 saturated heterocycles. The summed E-state index contributed by atoms with van der Waals surface area (Å²) in [6.45, 7) is 0.567. The first-order valence-electron chi connectivity index (χ1n) is 5.92. The summed E-state index contributed by atoms with van der Waals surface area (Å²) in [5.41, 5.74) is 6.51. The lowest BCUT2D eigenvalue weighted by molar-refractivity contribution is -0.123. The summed E-state index contributed by atoms with van der Waals surface area (Å²) < 4.78 is 0. The minimum atomic E-state index is -0.365. The maximum absolute atomic E-state index is 11.9. The number of hydrogen-bond acceptors (Lipinski definition) is 3. The fourth-order valence-electron chi connectivity index (χ4n) is 1.63. The molecule has 0 aromatic heterocycles. The van der Waals surface area contributed by atoms with Crippen LogP contribution in [-0.2, 0) is 9.59 Å². The van der Waals surface area contributed by atoms with Crippen molar-refractivity contribution in [3.8, 4) is 0 Å². The van der Waals surface area contributed by atoms with Gasteiger partial charge in [-0.2, -0.15) is 0 Å². The molecule has 4 N–H and O–H groups in total. The fourth-order valence-corrected chi connectivity index (χ4v) is 1.63. The van der Waals surface area contributed by atoms with Gasteiger partial charge in [0.15, 0.2) is 0 Å². The summed E-state index contributed by atoms with van der Waals surface area (Å²) in [5, 5.41) is 5.22. The Balaban J connectivity index is 0.00000324. The normalized spacial score (nSPS) is 11.1. The van der Waals surface area contributed by atoms with E-state index in [-0.39, 0.29) is 43.1 Å². The van der Waals surface area contributed by atoms with Crippen LogP contribution in [0.4, 0.5) is 0 Å². The Bertz CT molecular complexity index is 398. The van der Waals surface area contributed by atoms with Gasteiger partial charge in [-0.1, -0.05) is 30.3 Å². The van der Waals surface area contributed by atoms with Gasteiger partial charge in [0.2, 0.25) is 11.8 Å². The number of amides is 2. The van der Waals surface area contributed by atoms with Crippen molar-refractivity contribution in [3.63, 3.8) is 0 Å². The van der Waals surface area contributed by atoms with Crippen molar-refractivity contribution in [2.45, 2.75) is 12.3 Å². The first kappa shape index (κ1) is 17.4. The number of nitrogens with one attached hydrogen (secondary N) is 2. The van der Waals surface area contributed by atoms with Crippen LogP contribution in [0.1, 0.15) is 17.9 Å². The van der Waals surface area contributed by atoms with Crippen LogP contribution in [0.5, 0.6) is 0 Å². The molecule has 0 aliphatic rings. The number of benzene rings is 1. The Morgan fingerprint density at radius 2 is 1.89 bits per heavy atom. The van der Waals surface area contributed by atoms with Crippen LogP contribution in [0.3, 0.4) is 0 Å². The smallest absolute Gasteiger partial charge is 0.228 e. The highest BCUT2D eigenvalue weighted by atomic mass is 35.5. The number of carbonyl (C=O) groups is 2. The molecule has 0 aliphatic heterocycles. The molecule has 0 radical (unpaired) electrons. The second-order valence-corrected chi connectivity index (χ2v) is 3.91. The van der Waals surface area contributed by atoms with Crippen molar-refractivity contribution in [1.29, 1.82) is 0 Å². The van der Waals surface area contributed by atoms with E-state index in [1.54, 1.807) is 7.05 Å². The molecule has 1 atom stereocenters. The van der Waals surface area contributed by atoms with Gasteiger partial charge in [-0.25, -0.2) is 0 Å². The van der Waals surface area contributed by atoms with Crippen LogP contribution >= 0.6 is 12.4 Å². The molecule has 1 aromatic rings. The van der Waals surface area contributed by atoms with Crippen LogP contribution in [0.25, 0.3) is 0 Å². The molecule has 19 heavy (non-hydrogen) atoms. The van der Waals surface area contributed by atoms with E-state index < -0.39 is 0 Å². The molecule has 6 heteroatoms. The quantitative estimate of drug-likeness (QED) is 0.707. The first-order chi connectivity index (χ1) is 8.69. The maximum atomic E-state index is 11.9. The van der Waals surface area contributed by atoms with Gasteiger partial charge < -0.3 is 16.4 Å². The van der Waals surface area contributed by atoms with E-state index in [0.29, 0.717) is 6.54 Å². The molecule has 0 aliphatic carbocycles. The van der Waals surface area contributed by atoms with E-state index >= 15 is 0 Å². The third-order valence-corrected chi connectivity index (χ3v) is 2.68. The van der Waals surface area contributed by atoms with Crippen LogP contribution in [-0.4, -0.2) is 32.0 Å². The summed E-state index contributed by atoms with van der Waals surface area (Å²) in [7, 11) is 1.57. The van der Waals surface area contributed by atoms with Gasteiger partial charge in [0.25, 0.3) is 0 Å². The molecule has 0 fully saturated rings. The van der Waals surface area contributed by atoms with Crippen molar-refractivity contribution >= 4 is 24.2 Å². The summed E-state index contributed by atoms with van der Waals surface area (Å²) in [5.74, 6) is -0.609. The Morgan fingerprint density at radius 1 is 1.26 bits per heavy atom. The van der Waals surface area contributed by atoms with Crippen LogP contribution in [0, 0.1) is 0 Å². The Morgan fingerprint density at radius 3 is 2.42 bits per heavy atom. The third kappa shape index (κ3) is 5.72. The standard InChI is InChI=1S/C13H19N3O2.ClH/c1-15-12(17)7-8-16-13(18)11(9-14)10-5-3-2-4-6-10;/h2-6,11H,7-9,14H2,1H3,(H,15,17)(H,16,18);1H. The van der Waals surface area contributed by atoms with Gasteiger partial charge in [0.1, 0.15) is 0 Å². The van der Waals surface area contributed by atoms with E-state index in [9.17, 15) is 9.59 Å². The zero-order chi connectivity index (χ0) is 13.4. The van der Waals surface area contributed by atoms with Crippen LogP contribution in [0.15, 0.2) is 30.3 Å². The van der Waals surface area contributed by atoms with Gasteiger partial charge in [0, 0.05) is 26.6 Å². The lowest BCUT2D eigenvalue weighted by Gasteiger charge is -2.15. The molecule has 1 aromatic carbocycles. The minimum absolute atomic E-state index is 0. The van der Waals surface area contributed by atoms with E-state index in [2.05, 4.69) is 10.6 Å². The summed E-state index contributed by atoms with van der Waals surface area (Å²) in [6, 6.07) is 9.37. The average Bonchev–Trinajstić information content (AvgIpc) is 2.40. The Labute approximate surface area is 119 Å². The van der Waals surface area contributed by atoms with Gasteiger partial charge in [0.05, 0.1) is 5.92 Å². The second-order valence-electron chi connectivity index (χ2n) is 3.91. The molecule has 5 nitrogen and oxygen atoms in total. The highest BCUT2D eigenvalue weighted by molar-refractivity contribution is 5.85. The van der Waals surface area contributed by atoms with Crippen LogP contribution in [0.2, 0.25) is 0 Å². The Hall–Kier alpha value is -1.59. The summed E-state index contributed by atoms with van der Waals surface area (Å²) in [6.07, 6.45) is 0.272. The zero-order valence-corrected chi connectivity index (χ0v) is 11.7. The highest BCUT2D eigenvalue weighted by Gasteiger charge is 2.18. The van der Waals surface area contributed by atoms with Gasteiger partial charge in [-0.05, 0) is 5.56 Å². The molecule has 0 bridgehead atoms. The number of rotatable bonds is 6.